The molecule has 0 aromatic heterocycles. The molecule has 2 aromatic rings. The minimum Gasteiger partial charge on any atom is -0.490 e. The zero-order chi connectivity index (χ0) is 23.7. The van der Waals surface area contributed by atoms with Gasteiger partial charge in [-0.25, -0.2) is 8.42 Å². The maximum absolute atomic E-state index is 12.9. The van der Waals surface area contributed by atoms with Crippen LogP contribution >= 0.6 is 0 Å². The second-order valence-electron chi connectivity index (χ2n) is 7.29. The number of sulfonamides is 1. The summed E-state index contributed by atoms with van der Waals surface area (Å²) in [5, 5.41) is 2.78. The summed E-state index contributed by atoms with van der Waals surface area (Å²) in [7, 11) is -0.0144. The third kappa shape index (κ3) is 6.37. The highest BCUT2D eigenvalue weighted by molar-refractivity contribution is 7.89. The Morgan fingerprint density at radius 3 is 2.16 bits per heavy atom. The molecule has 176 valence electrons. The molecule has 0 atom stereocenters. The predicted octanol–water partition coefficient (Wildman–Crippen LogP) is 3.59. The third-order valence-corrected chi connectivity index (χ3v) is 6.78. The molecule has 2 aromatic carbocycles. The summed E-state index contributed by atoms with van der Waals surface area (Å²) >= 11 is 0. The van der Waals surface area contributed by atoms with Gasteiger partial charge in [0, 0.05) is 27.2 Å². The van der Waals surface area contributed by atoms with Crippen molar-refractivity contribution in [1.82, 2.24) is 4.31 Å². The summed E-state index contributed by atoms with van der Waals surface area (Å²) in [5.74, 6) is 0.640. The molecule has 0 aliphatic rings. The lowest BCUT2D eigenvalue weighted by atomic mass is 10.2. The molecular formula is C23H33N3O5S. The van der Waals surface area contributed by atoms with Crippen LogP contribution in [0.3, 0.4) is 0 Å². The molecule has 8 nitrogen and oxygen atoms in total. The van der Waals surface area contributed by atoms with Gasteiger partial charge in [-0.1, -0.05) is 32.9 Å². The van der Waals surface area contributed by atoms with E-state index in [0.717, 1.165) is 6.42 Å². The zero-order valence-corrected chi connectivity index (χ0v) is 20.2. The highest BCUT2D eigenvalue weighted by Crippen LogP contribution is 2.30. The van der Waals surface area contributed by atoms with Crippen molar-refractivity contribution in [3.63, 3.8) is 0 Å². The molecule has 0 fully saturated rings. The minimum atomic E-state index is -3.66. The Labute approximate surface area is 191 Å². The first-order chi connectivity index (χ1) is 15.2. The Balaban J connectivity index is 2.21. The summed E-state index contributed by atoms with van der Waals surface area (Å²) in [6.07, 6.45) is 0.856. The van der Waals surface area contributed by atoms with Gasteiger partial charge in [-0.2, -0.15) is 4.31 Å². The number of nitrogens with one attached hydrogen (secondary N) is 1. The van der Waals surface area contributed by atoms with E-state index in [9.17, 15) is 13.2 Å². The molecule has 0 bridgehead atoms. The molecule has 0 radical (unpaired) electrons. The average Bonchev–Trinajstić information content (AvgIpc) is 2.77. The van der Waals surface area contributed by atoms with Gasteiger partial charge < -0.3 is 19.7 Å². The predicted molar refractivity (Wildman–Crippen MR) is 127 cm³/mol. The van der Waals surface area contributed by atoms with Crippen LogP contribution in [0, 0.1) is 0 Å². The van der Waals surface area contributed by atoms with E-state index >= 15 is 0 Å². The van der Waals surface area contributed by atoms with E-state index < -0.39 is 15.9 Å². The van der Waals surface area contributed by atoms with E-state index in [2.05, 4.69) is 5.32 Å². The number of hydrogen-bond acceptors (Lipinski definition) is 6. The molecule has 2 rings (SSSR count). The van der Waals surface area contributed by atoms with Gasteiger partial charge in [-0.05, 0) is 36.8 Å². The van der Waals surface area contributed by atoms with E-state index in [1.54, 1.807) is 49.1 Å². The number of ether oxygens (including phenoxy) is 2. The molecule has 0 spiro atoms. The molecule has 0 unspecified atom stereocenters. The molecule has 9 heteroatoms. The molecule has 0 aliphatic heterocycles. The van der Waals surface area contributed by atoms with E-state index in [0.29, 0.717) is 42.6 Å². The lowest BCUT2D eigenvalue weighted by molar-refractivity contribution is -0.118. The third-order valence-electron chi connectivity index (χ3n) is 4.74. The van der Waals surface area contributed by atoms with E-state index in [1.165, 1.54) is 10.4 Å². The molecule has 0 saturated heterocycles. The quantitative estimate of drug-likeness (QED) is 0.518. The topological polar surface area (TPSA) is 88.2 Å². The number of amides is 1. The van der Waals surface area contributed by atoms with Gasteiger partial charge >= 0.3 is 0 Å². The second kappa shape index (κ2) is 11.7. The van der Waals surface area contributed by atoms with Gasteiger partial charge in [0.25, 0.3) is 5.91 Å². The van der Waals surface area contributed by atoms with Crippen LogP contribution in [0.15, 0.2) is 47.4 Å². The van der Waals surface area contributed by atoms with E-state index in [4.69, 9.17) is 9.47 Å². The fourth-order valence-electron chi connectivity index (χ4n) is 3.11. The number of anilines is 2. The first kappa shape index (κ1) is 25.5. The number of carbonyl (C=O) groups excluding carboxylic acids is 1. The van der Waals surface area contributed by atoms with Gasteiger partial charge in [0.2, 0.25) is 10.0 Å². The summed E-state index contributed by atoms with van der Waals surface area (Å²) in [5.41, 5.74) is 1.08. The number of hydrogen-bond donors (Lipinski definition) is 1. The Bertz CT molecular complexity index is 1000. The van der Waals surface area contributed by atoms with Crippen molar-refractivity contribution in [1.29, 1.82) is 0 Å². The SMILES string of the molecule is CCCOc1ccccc1OCC(=O)Nc1cc(S(=O)(=O)N(CC)CC)ccc1N(C)C. The minimum absolute atomic E-state index is 0.126. The molecular weight excluding hydrogens is 430 g/mol. The first-order valence-electron chi connectivity index (χ1n) is 10.7. The van der Waals surface area contributed by atoms with Crippen molar-refractivity contribution < 1.29 is 22.7 Å². The van der Waals surface area contributed by atoms with Crippen LogP contribution in [0.5, 0.6) is 11.5 Å². The molecule has 1 N–H and O–H groups in total. The number of carbonyl (C=O) groups is 1. The monoisotopic (exact) mass is 463 g/mol. The van der Waals surface area contributed by atoms with Gasteiger partial charge in [0.15, 0.2) is 18.1 Å². The Morgan fingerprint density at radius 1 is 0.969 bits per heavy atom. The molecule has 0 aliphatic carbocycles. The number of rotatable bonds is 12. The molecule has 0 saturated carbocycles. The maximum atomic E-state index is 12.9. The van der Waals surface area contributed by atoms with Crippen LogP contribution in [-0.4, -0.2) is 59.0 Å². The fourth-order valence-corrected chi connectivity index (χ4v) is 4.59. The average molecular weight is 464 g/mol. The fraction of sp³-hybridized carbons (Fsp3) is 0.435. The van der Waals surface area contributed by atoms with Crippen LogP contribution in [0.1, 0.15) is 27.2 Å². The highest BCUT2D eigenvalue weighted by Gasteiger charge is 2.23. The smallest absolute Gasteiger partial charge is 0.262 e. The van der Waals surface area contributed by atoms with Crippen molar-refractivity contribution >= 4 is 27.3 Å². The van der Waals surface area contributed by atoms with Crippen LogP contribution in [0.2, 0.25) is 0 Å². The highest BCUT2D eigenvalue weighted by atomic mass is 32.2. The summed E-state index contributed by atoms with van der Waals surface area (Å²) in [6.45, 7) is 6.62. The van der Waals surface area contributed by atoms with Gasteiger partial charge in [0.1, 0.15) is 0 Å². The largest absolute Gasteiger partial charge is 0.490 e. The summed E-state index contributed by atoms with van der Waals surface area (Å²) in [4.78, 5) is 14.6. The van der Waals surface area contributed by atoms with Crippen molar-refractivity contribution in [2.75, 3.05) is 50.6 Å². The standard InChI is InChI=1S/C23H33N3O5S/c1-6-15-30-21-11-9-10-12-22(21)31-17-23(27)24-19-16-18(13-14-20(19)25(4)5)32(28,29)26(7-2)8-3/h9-14,16H,6-8,15,17H2,1-5H3,(H,24,27). The maximum Gasteiger partial charge on any atom is 0.262 e. The van der Waals surface area contributed by atoms with Crippen LogP contribution in [0.4, 0.5) is 11.4 Å². The Morgan fingerprint density at radius 2 is 1.59 bits per heavy atom. The van der Waals surface area contributed by atoms with E-state index in [-0.39, 0.29) is 11.5 Å². The number of nitrogens with zero attached hydrogens (tertiary/aromatic N) is 2. The van der Waals surface area contributed by atoms with E-state index in [1.807, 2.05) is 27.1 Å². The van der Waals surface area contributed by atoms with Gasteiger partial charge in [-0.3, -0.25) is 4.79 Å². The lowest BCUT2D eigenvalue weighted by Gasteiger charge is -2.22. The Kier molecular flexibility index (Phi) is 9.34. The molecule has 0 heterocycles. The molecule has 32 heavy (non-hydrogen) atoms. The molecule has 1 amide bonds. The van der Waals surface area contributed by atoms with Crippen LogP contribution in [0.25, 0.3) is 0 Å². The number of para-hydroxylation sites is 2. The normalized spacial score (nSPS) is 11.3. The first-order valence-corrected chi connectivity index (χ1v) is 12.1. The second-order valence-corrected chi connectivity index (χ2v) is 9.23. The lowest BCUT2D eigenvalue weighted by Crippen LogP contribution is -2.31. The van der Waals surface area contributed by atoms with Gasteiger partial charge in [-0.15, -0.1) is 0 Å². The van der Waals surface area contributed by atoms with Crippen molar-refractivity contribution in [2.45, 2.75) is 32.1 Å². The Hall–Kier alpha value is -2.78. The number of benzene rings is 2. The summed E-state index contributed by atoms with van der Waals surface area (Å²) in [6, 6.07) is 11.9. The van der Waals surface area contributed by atoms with Crippen molar-refractivity contribution in [3.8, 4) is 11.5 Å². The summed E-state index contributed by atoms with van der Waals surface area (Å²) < 4.78 is 38.5. The van der Waals surface area contributed by atoms with Crippen molar-refractivity contribution in [2.24, 2.45) is 0 Å². The van der Waals surface area contributed by atoms with Crippen molar-refractivity contribution in [3.05, 3.63) is 42.5 Å². The van der Waals surface area contributed by atoms with Crippen LogP contribution < -0.4 is 19.7 Å². The zero-order valence-electron chi connectivity index (χ0n) is 19.4. The van der Waals surface area contributed by atoms with Crippen LogP contribution in [-0.2, 0) is 14.8 Å². The van der Waals surface area contributed by atoms with Gasteiger partial charge in [0.05, 0.1) is 22.9 Å².